The zero-order valence-corrected chi connectivity index (χ0v) is 28.4. The van der Waals surface area contributed by atoms with Crippen LogP contribution in [0.4, 0.5) is 0 Å². The first kappa shape index (κ1) is 37.9. The van der Waals surface area contributed by atoms with Gasteiger partial charge in [0.05, 0.1) is 0 Å². The Morgan fingerprint density at radius 3 is 0.950 bits per heavy atom. The Bertz CT molecular complexity index is 509. The summed E-state index contributed by atoms with van der Waals surface area (Å²) in [5.74, 6) is 6.16. The third kappa shape index (κ3) is 15.4. The van der Waals surface area contributed by atoms with Gasteiger partial charge in [0.25, 0.3) is 0 Å². The number of hydrogen-bond donors (Lipinski definition) is 0. The van der Waals surface area contributed by atoms with E-state index in [-0.39, 0.29) is 0 Å². The monoisotopic (exact) mass is 569 g/mol. The first-order valence-electron chi connectivity index (χ1n) is 17.7. The fourth-order valence-corrected chi connectivity index (χ4v) is 8.00. The highest BCUT2D eigenvalue weighted by atomic mass is 16.7. The minimum Gasteiger partial charge on any atom is -0.355 e. The lowest BCUT2D eigenvalue weighted by molar-refractivity contribution is -0.0592. The molecular weight excluding hydrogens is 496 g/mol. The van der Waals surface area contributed by atoms with Gasteiger partial charge < -0.3 is 18.9 Å². The summed E-state index contributed by atoms with van der Waals surface area (Å²) in [6.07, 6.45) is 17.3. The van der Waals surface area contributed by atoms with Gasteiger partial charge in [0.1, 0.15) is 13.6 Å². The van der Waals surface area contributed by atoms with Gasteiger partial charge >= 0.3 is 0 Å². The van der Waals surface area contributed by atoms with Crippen molar-refractivity contribution in [2.24, 2.45) is 47.3 Å². The van der Waals surface area contributed by atoms with Crippen LogP contribution in [0.5, 0.6) is 0 Å². The van der Waals surface area contributed by atoms with E-state index in [1.165, 1.54) is 64.2 Å². The molecule has 0 aromatic carbocycles. The van der Waals surface area contributed by atoms with Gasteiger partial charge in [0, 0.05) is 26.4 Å². The molecule has 0 saturated carbocycles. The molecule has 0 amide bonds. The largest absolute Gasteiger partial charge is 0.355 e. The molecule has 1 aliphatic heterocycles. The molecule has 8 unspecified atom stereocenters. The van der Waals surface area contributed by atoms with E-state index in [9.17, 15) is 0 Å². The van der Waals surface area contributed by atoms with E-state index in [2.05, 4.69) is 55.4 Å². The fraction of sp³-hybridized carbons (Fsp3) is 1.00. The van der Waals surface area contributed by atoms with Crippen molar-refractivity contribution in [1.29, 1.82) is 0 Å². The predicted octanol–water partition coefficient (Wildman–Crippen LogP) is 10.5. The second-order valence-electron chi connectivity index (χ2n) is 13.4. The number of hydrogen-bond acceptors (Lipinski definition) is 4. The maximum Gasteiger partial charge on any atom is 0.146 e. The predicted molar refractivity (Wildman–Crippen MR) is 171 cm³/mol. The van der Waals surface area contributed by atoms with Crippen LogP contribution in [0, 0.1) is 47.3 Å². The van der Waals surface area contributed by atoms with Gasteiger partial charge in [0.2, 0.25) is 0 Å². The summed E-state index contributed by atoms with van der Waals surface area (Å²) in [6, 6.07) is 0. The Hall–Kier alpha value is -0.160. The SMILES string of the molecule is CCCC1C(C)CCCOCOCCCC(C)C(CCC)C(CC)C(C)CCCOCOCCCC(C)C1CC. The molecule has 1 aliphatic rings. The molecule has 4 heteroatoms. The highest BCUT2D eigenvalue weighted by Crippen LogP contribution is 2.38. The quantitative estimate of drug-likeness (QED) is 0.319. The molecule has 240 valence electrons. The summed E-state index contributed by atoms with van der Waals surface area (Å²) in [7, 11) is 0. The Labute approximate surface area is 251 Å². The molecule has 1 heterocycles. The Kier molecular flexibility index (Phi) is 23.0. The minimum atomic E-state index is 0.451. The highest BCUT2D eigenvalue weighted by molar-refractivity contribution is 4.79. The van der Waals surface area contributed by atoms with Crippen LogP contribution in [0.25, 0.3) is 0 Å². The van der Waals surface area contributed by atoms with Crippen LogP contribution < -0.4 is 0 Å². The first-order chi connectivity index (χ1) is 19.4. The Balaban J connectivity index is 2.72. The second kappa shape index (κ2) is 24.3. The van der Waals surface area contributed by atoms with E-state index in [1.807, 2.05) is 0 Å². The molecule has 1 saturated heterocycles. The van der Waals surface area contributed by atoms with Gasteiger partial charge in [-0.05, 0) is 98.7 Å². The second-order valence-corrected chi connectivity index (χ2v) is 13.4. The van der Waals surface area contributed by atoms with Crippen LogP contribution in [0.1, 0.15) is 145 Å². The van der Waals surface area contributed by atoms with Crippen molar-refractivity contribution >= 4 is 0 Å². The molecule has 0 radical (unpaired) electrons. The van der Waals surface area contributed by atoms with Crippen LogP contribution in [0.2, 0.25) is 0 Å². The summed E-state index contributed by atoms with van der Waals surface area (Å²) in [4.78, 5) is 0. The number of ether oxygens (including phenoxy) is 4. The zero-order valence-electron chi connectivity index (χ0n) is 28.4. The van der Waals surface area contributed by atoms with Gasteiger partial charge in [-0.1, -0.05) is 93.9 Å². The maximum absolute atomic E-state index is 5.90. The Morgan fingerprint density at radius 2 is 0.700 bits per heavy atom. The van der Waals surface area contributed by atoms with E-state index in [4.69, 9.17) is 18.9 Å². The topological polar surface area (TPSA) is 36.9 Å². The van der Waals surface area contributed by atoms with Crippen LogP contribution in [-0.4, -0.2) is 40.0 Å². The van der Waals surface area contributed by atoms with Crippen molar-refractivity contribution in [3.8, 4) is 0 Å². The lowest BCUT2D eigenvalue weighted by atomic mass is 9.70. The molecule has 8 atom stereocenters. The average Bonchev–Trinajstić information content (AvgIpc) is 2.94. The molecule has 4 nitrogen and oxygen atoms in total. The third-order valence-electron chi connectivity index (χ3n) is 10.3. The molecule has 1 rings (SSSR count). The zero-order chi connectivity index (χ0) is 29.6. The Morgan fingerprint density at radius 1 is 0.425 bits per heavy atom. The summed E-state index contributed by atoms with van der Waals surface area (Å²) in [5.41, 5.74) is 0. The standard InChI is InChI=1S/C36H72O4/c1-9-17-35-31(7)21-15-25-39-28-40-26-16-22-32(8)36(18-10-2)34(12-4)30(6)20-14-24-38-27-37-23-13-19-29(5)33(35)11-3/h29-36H,9-28H2,1-8H3. The lowest BCUT2D eigenvalue weighted by Crippen LogP contribution is -2.27. The molecule has 0 aliphatic carbocycles. The van der Waals surface area contributed by atoms with E-state index < -0.39 is 0 Å². The van der Waals surface area contributed by atoms with E-state index in [1.54, 1.807) is 0 Å². The summed E-state index contributed by atoms with van der Waals surface area (Å²) >= 11 is 0. The number of rotatable bonds is 6. The molecule has 0 aromatic rings. The van der Waals surface area contributed by atoms with E-state index in [0.29, 0.717) is 13.6 Å². The molecule has 0 N–H and O–H groups in total. The smallest absolute Gasteiger partial charge is 0.146 e. The van der Waals surface area contributed by atoms with Crippen molar-refractivity contribution in [2.45, 2.75) is 145 Å². The van der Waals surface area contributed by atoms with E-state index >= 15 is 0 Å². The molecule has 0 bridgehead atoms. The van der Waals surface area contributed by atoms with Crippen molar-refractivity contribution in [3.05, 3.63) is 0 Å². The molecule has 0 aromatic heterocycles. The van der Waals surface area contributed by atoms with Gasteiger partial charge in [-0.15, -0.1) is 0 Å². The van der Waals surface area contributed by atoms with Crippen molar-refractivity contribution in [1.82, 2.24) is 0 Å². The van der Waals surface area contributed by atoms with Crippen LogP contribution in [0.3, 0.4) is 0 Å². The van der Waals surface area contributed by atoms with Crippen molar-refractivity contribution in [2.75, 3.05) is 40.0 Å². The molecule has 1 fully saturated rings. The van der Waals surface area contributed by atoms with Gasteiger partial charge in [-0.2, -0.15) is 0 Å². The van der Waals surface area contributed by atoms with Crippen LogP contribution in [0.15, 0.2) is 0 Å². The summed E-state index contributed by atoms with van der Waals surface area (Å²) < 4.78 is 23.6. The average molecular weight is 569 g/mol. The van der Waals surface area contributed by atoms with Crippen LogP contribution >= 0.6 is 0 Å². The van der Waals surface area contributed by atoms with Crippen molar-refractivity contribution < 1.29 is 18.9 Å². The molecule has 0 spiro atoms. The van der Waals surface area contributed by atoms with Crippen LogP contribution in [-0.2, 0) is 18.9 Å². The minimum absolute atomic E-state index is 0.451. The first-order valence-corrected chi connectivity index (χ1v) is 17.7. The third-order valence-corrected chi connectivity index (χ3v) is 10.3. The maximum atomic E-state index is 5.90. The van der Waals surface area contributed by atoms with Gasteiger partial charge in [0.15, 0.2) is 0 Å². The lowest BCUT2D eigenvalue weighted by Gasteiger charge is -2.36. The van der Waals surface area contributed by atoms with E-state index in [0.717, 1.165) is 99.5 Å². The summed E-state index contributed by atoms with van der Waals surface area (Å²) in [5, 5.41) is 0. The fourth-order valence-electron chi connectivity index (χ4n) is 8.00. The molecular formula is C36H72O4. The normalized spacial score (nSPS) is 34.8. The van der Waals surface area contributed by atoms with Crippen molar-refractivity contribution in [3.63, 3.8) is 0 Å². The van der Waals surface area contributed by atoms with Gasteiger partial charge in [-0.3, -0.25) is 0 Å². The molecule has 40 heavy (non-hydrogen) atoms. The highest BCUT2D eigenvalue weighted by Gasteiger charge is 2.30. The van der Waals surface area contributed by atoms with Gasteiger partial charge in [-0.25, -0.2) is 0 Å². The summed E-state index contributed by atoms with van der Waals surface area (Å²) in [6.45, 7) is 23.6.